The molecule has 0 saturated carbocycles. The van der Waals surface area contributed by atoms with Crippen LogP contribution in [0.2, 0.25) is 0 Å². The van der Waals surface area contributed by atoms with Crippen molar-refractivity contribution in [1.82, 2.24) is 10.6 Å². The van der Waals surface area contributed by atoms with Crippen molar-refractivity contribution in [2.24, 2.45) is 0 Å². The average Bonchev–Trinajstić information content (AvgIpc) is 2.85. The predicted molar refractivity (Wildman–Crippen MR) is 78.7 cm³/mol. The molecule has 0 spiro atoms. The zero-order valence-electron chi connectivity index (χ0n) is 11.8. The second kappa shape index (κ2) is 5.81. The van der Waals surface area contributed by atoms with Gasteiger partial charge < -0.3 is 21.3 Å². The highest BCUT2D eigenvalue weighted by molar-refractivity contribution is 5.96. The molecule has 0 radical (unpaired) electrons. The van der Waals surface area contributed by atoms with Crippen LogP contribution < -0.4 is 21.3 Å². The summed E-state index contributed by atoms with van der Waals surface area (Å²) in [5.41, 5.74) is 8.07. The van der Waals surface area contributed by atoms with E-state index in [0.717, 1.165) is 25.2 Å². The molecule has 2 rings (SSSR count). The standard InChI is InChI=1S/C14H20N4O2/c1-9(19)17-11-5-6-18(8-11)13-4-3-10(7-12(13)15)14(20)16-2/h3-4,7,11H,5-6,8,15H2,1-2H3,(H,16,20)(H,17,19). The fraction of sp³-hybridized carbons (Fsp3) is 0.429. The molecule has 1 aliphatic rings. The lowest BCUT2D eigenvalue weighted by atomic mass is 10.1. The minimum atomic E-state index is -0.152. The van der Waals surface area contributed by atoms with Crippen LogP contribution in [0.1, 0.15) is 23.7 Å². The average molecular weight is 276 g/mol. The van der Waals surface area contributed by atoms with Crippen molar-refractivity contribution < 1.29 is 9.59 Å². The number of carbonyl (C=O) groups excluding carboxylic acids is 2. The molecule has 1 aromatic rings. The number of carbonyl (C=O) groups is 2. The smallest absolute Gasteiger partial charge is 0.251 e. The van der Waals surface area contributed by atoms with Gasteiger partial charge in [0.2, 0.25) is 5.91 Å². The summed E-state index contributed by atoms with van der Waals surface area (Å²) in [5, 5.41) is 5.48. The molecule has 20 heavy (non-hydrogen) atoms. The van der Waals surface area contributed by atoms with Crippen LogP contribution in [0, 0.1) is 0 Å². The predicted octanol–water partition coefficient (Wildman–Crippen LogP) is 0.343. The first kappa shape index (κ1) is 14.2. The number of nitrogen functional groups attached to an aromatic ring is 1. The number of rotatable bonds is 3. The maximum Gasteiger partial charge on any atom is 0.251 e. The summed E-state index contributed by atoms with van der Waals surface area (Å²) in [6.07, 6.45) is 0.899. The molecule has 0 aromatic heterocycles. The summed E-state index contributed by atoms with van der Waals surface area (Å²) in [7, 11) is 1.59. The Kier molecular flexibility index (Phi) is 4.12. The molecule has 6 nitrogen and oxygen atoms in total. The Labute approximate surface area is 118 Å². The largest absolute Gasteiger partial charge is 0.397 e. The molecule has 0 aliphatic carbocycles. The van der Waals surface area contributed by atoms with Gasteiger partial charge in [-0.1, -0.05) is 0 Å². The minimum absolute atomic E-state index is 0.0141. The first-order chi connectivity index (χ1) is 9.51. The van der Waals surface area contributed by atoms with Gasteiger partial charge in [0, 0.05) is 38.7 Å². The molecule has 4 N–H and O–H groups in total. The zero-order valence-corrected chi connectivity index (χ0v) is 11.8. The first-order valence-electron chi connectivity index (χ1n) is 6.65. The van der Waals surface area contributed by atoms with Crippen molar-refractivity contribution in [1.29, 1.82) is 0 Å². The Balaban J connectivity index is 2.10. The zero-order chi connectivity index (χ0) is 14.7. The summed E-state index contributed by atoms with van der Waals surface area (Å²) in [4.78, 5) is 24.7. The van der Waals surface area contributed by atoms with E-state index < -0.39 is 0 Å². The van der Waals surface area contributed by atoms with Crippen LogP contribution in [0.25, 0.3) is 0 Å². The molecular weight excluding hydrogens is 256 g/mol. The Hall–Kier alpha value is -2.24. The van der Waals surface area contributed by atoms with E-state index in [2.05, 4.69) is 15.5 Å². The van der Waals surface area contributed by atoms with Gasteiger partial charge in [0.05, 0.1) is 11.4 Å². The van der Waals surface area contributed by atoms with E-state index in [9.17, 15) is 9.59 Å². The Morgan fingerprint density at radius 3 is 2.75 bits per heavy atom. The number of benzene rings is 1. The van der Waals surface area contributed by atoms with Crippen LogP contribution in [-0.2, 0) is 4.79 Å². The molecule has 1 aromatic carbocycles. The van der Waals surface area contributed by atoms with Gasteiger partial charge in [-0.05, 0) is 24.6 Å². The molecule has 1 fully saturated rings. The number of amides is 2. The summed E-state index contributed by atoms with van der Waals surface area (Å²) in [6, 6.07) is 5.46. The normalized spacial score (nSPS) is 17.9. The summed E-state index contributed by atoms with van der Waals surface area (Å²) in [5.74, 6) is -0.166. The van der Waals surface area contributed by atoms with E-state index in [1.54, 1.807) is 19.2 Å². The van der Waals surface area contributed by atoms with Crippen molar-refractivity contribution in [3.05, 3.63) is 23.8 Å². The molecule has 108 valence electrons. The topological polar surface area (TPSA) is 87.5 Å². The van der Waals surface area contributed by atoms with Crippen LogP contribution >= 0.6 is 0 Å². The lowest BCUT2D eigenvalue weighted by molar-refractivity contribution is -0.119. The number of nitrogens with two attached hydrogens (primary N) is 1. The number of nitrogens with zero attached hydrogens (tertiary/aromatic N) is 1. The fourth-order valence-corrected chi connectivity index (χ4v) is 2.51. The van der Waals surface area contributed by atoms with Gasteiger partial charge in [-0.15, -0.1) is 0 Å². The maximum atomic E-state index is 11.5. The highest BCUT2D eigenvalue weighted by Gasteiger charge is 2.24. The minimum Gasteiger partial charge on any atom is -0.397 e. The van der Waals surface area contributed by atoms with E-state index in [-0.39, 0.29) is 17.9 Å². The van der Waals surface area contributed by atoms with Crippen LogP contribution in [0.5, 0.6) is 0 Å². The molecule has 1 unspecified atom stereocenters. The van der Waals surface area contributed by atoms with E-state index in [1.165, 1.54) is 6.92 Å². The number of hydrogen-bond donors (Lipinski definition) is 3. The van der Waals surface area contributed by atoms with Gasteiger partial charge in [0.25, 0.3) is 5.91 Å². The first-order valence-corrected chi connectivity index (χ1v) is 6.65. The SMILES string of the molecule is CNC(=O)c1ccc(N2CCC(NC(C)=O)C2)c(N)c1. The molecule has 1 saturated heterocycles. The van der Waals surface area contributed by atoms with Crippen molar-refractivity contribution in [3.8, 4) is 0 Å². The Bertz CT molecular complexity index is 530. The van der Waals surface area contributed by atoms with Gasteiger partial charge in [0.15, 0.2) is 0 Å². The monoisotopic (exact) mass is 276 g/mol. The molecule has 6 heteroatoms. The van der Waals surface area contributed by atoms with Gasteiger partial charge in [-0.2, -0.15) is 0 Å². The van der Waals surface area contributed by atoms with Gasteiger partial charge in [-0.3, -0.25) is 9.59 Å². The van der Waals surface area contributed by atoms with Gasteiger partial charge in [0.1, 0.15) is 0 Å². The van der Waals surface area contributed by atoms with Gasteiger partial charge in [-0.25, -0.2) is 0 Å². The van der Waals surface area contributed by atoms with Crippen LogP contribution in [0.4, 0.5) is 11.4 Å². The third kappa shape index (κ3) is 3.01. The molecule has 0 bridgehead atoms. The quantitative estimate of drug-likeness (QED) is 0.695. The van der Waals surface area contributed by atoms with Crippen molar-refractivity contribution >= 4 is 23.2 Å². The molecular formula is C14H20N4O2. The third-order valence-electron chi connectivity index (χ3n) is 3.45. The van der Waals surface area contributed by atoms with Crippen LogP contribution in [-0.4, -0.2) is 38.0 Å². The molecule has 1 atom stereocenters. The number of nitrogens with one attached hydrogen (secondary N) is 2. The number of hydrogen-bond acceptors (Lipinski definition) is 4. The van der Waals surface area contributed by atoms with Crippen molar-refractivity contribution in [3.63, 3.8) is 0 Å². The van der Waals surface area contributed by atoms with E-state index in [4.69, 9.17) is 5.73 Å². The third-order valence-corrected chi connectivity index (χ3v) is 3.45. The van der Waals surface area contributed by atoms with E-state index in [0.29, 0.717) is 11.3 Å². The van der Waals surface area contributed by atoms with Crippen LogP contribution in [0.3, 0.4) is 0 Å². The lowest BCUT2D eigenvalue weighted by Gasteiger charge is -2.21. The lowest BCUT2D eigenvalue weighted by Crippen LogP contribution is -2.35. The summed E-state index contributed by atoms with van der Waals surface area (Å²) >= 11 is 0. The Morgan fingerprint density at radius 1 is 1.40 bits per heavy atom. The van der Waals surface area contributed by atoms with E-state index >= 15 is 0 Å². The fourth-order valence-electron chi connectivity index (χ4n) is 2.51. The Morgan fingerprint density at radius 2 is 2.15 bits per heavy atom. The second-order valence-electron chi connectivity index (χ2n) is 4.98. The number of anilines is 2. The molecule has 1 heterocycles. The van der Waals surface area contributed by atoms with E-state index in [1.807, 2.05) is 6.07 Å². The maximum absolute atomic E-state index is 11.5. The molecule has 2 amide bonds. The summed E-state index contributed by atoms with van der Waals surface area (Å²) in [6.45, 7) is 3.10. The van der Waals surface area contributed by atoms with Crippen LogP contribution in [0.15, 0.2) is 18.2 Å². The van der Waals surface area contributed by atoms with Crippen molar-refractivity contribution in [2.45, 2.75) is 19.4 Å². The molecule has 1 aliphatic heterocycles. The van der Waals surface area contributed by atoms with Crippen molar-refractivity contribution in [2.75, 3.05) is 30.8 Å². The summed E-state index contributed by atoms with van der Waals surface area (Å²) < 4.78 is 0. The highest BCUT2D eigenvalue weighted by Crippen LogP contribution is 2.27. The highest BCUT2D eigenvalue weighted by atomic mass is 16.2. The second-order valence-corrected chi connectivity index (χ2v) is 4.98. The van der Waals surface area contributed by atoms with Gasteiger partial charge >= 0.3 is 0 Å².